The lowest BCUT2D eigenvalue weighted by Crippen LogP contribution is -1.97. The molecule has 2 rings (SSSR count). The minimum atomic E-state index is 0.175. The highest BCUT2D eigenvalue weighted by molar-refractivity contribution is 5.68. The molecule has 0 bridgehead atoms. The van der Waals surface area contributed by atoms with Crippen molar-refractivity contribution in [1.82, 2.24) is 9.97 Å². The Morgan fingerprint density at radius 1 is 1.17 bits per heavy atom. The number of nitriles is 1. The molecule has 0 N–H and O–H groups in total. The monoisotopic (exact) mass is 239 g/mol. The summed E-state index contributed by atoms with van der Waals surface area (Å²) in [5, 5.41) is 8.91. The van der Waals surface area contributed by atoms with E-state index in [9.17, 15) is 0 Å². The summed E-state index contributed by atoms with van der Waals surface area (Å²) in [7, 11) is 1.62. The van der Waals surface area contributed by atoms with Crippen LogP contribution in [0.5, 0.6) is 5.75 Å². The molecule has 0 saturated heterocycles. The van der Waals surface area contributed by atoms with E-state index in [1.54, 1.807) is 7.11 Å². The zero-order chi connectivity index (χ0) is 13.1. The number of nitrogens with zero attached hydrogens (tertiary/aromatic N) is 3. The smallest absolute Gasteiger partial charge is 0.232 e. The standard InChI is InChI=1S/C14H13N3O/c1-9-4-5-13(18-3)11(6-9)12-7-10(2)16-14(8-15)17-12/h4-7H,1-3H3. The van der Waals surface area contributed by atoms with Crippen molar-refractivity contribution < 1.29 is 4.74 Å². The second-order valence-corrected chi connectivity index (χ2v) is 4.03. The van der Waals surface area contributed by atoms with E-state index in [-0.39, 0.29) is 5.82 Å². The largest absolute Gasteiger partial charge is 0.496 e. The summed E-state index contributed by atoms with van der Waals surface area (Å²) in [6.45, 7) is 3.84. The normalized spacial score (nSPS) is 9.89. The van der Waals surface area contributed by atoms with E-state index in [1.165, 1.54) is 0 Å². The van der Waals surface area contributed by atoms with Crippen LogP contribution in [0.3, 0.4) is 0 Å². The fourth-order valence-electron chi connectivity index (χ4n) is 1.78. The van der Waals surface area contributed by atoms with Gasteiger partial charge < -0.3 is 4.74 Å². The summed E-state index contributed by atoms with van der Waals surface area (Å²) < 4.78 is 5.32. The second kappa shape index (κ2) is 4.84. The van der Waals surface area contributed by atoms with E-state index < -0.39 is 0 Å². The Bertz CT molecular complexity index is 629. The molecule has 0 aliphatic carbocycles. The first-order valence-electron chi connectivity index (χ1n) is 5.55. The Hall–Kier alpha value is -2.41. The topological polar surface area (TPSA) is 58.8 Å². The summed E-state index contributed by atoms with van der Waals surface area (Å²) in [4.78, 5) is 8.26. The van der Waals surface area contributed by atoms with Crippen molar-refractivity contribution in [3.05, 3.63) is 41.3 Å². The minimum absolute atomic E-state index is 0.175. The summed E-state index contributed by atoms with van der Waals surface area (Å²) in [6, 6.07) is 9.67. The van der Waals surface area contributed by atoms with Crippen LogP contribution in [0.4, 0.5) is 0 Å². The van der Waals surface area contributed by atoms with E-state index in [1.807, 2.05) is 44.2 Å². The first kappa shape index (κ1) is 12.1. The highest BCUT2D eigenvalue weighted by atomic mass is 16.5. The number of hydrogen-bond acceptors (Lipinski definition) is 4. The maximum atomic E-state index is 8.91. The van der Waals surface area contributed by atoms with Gasteiger partial charge >= 0.3 is 0 Å². The molecule has 0 saturated carbocycles. The van der Waals surface area contributed by atoms with Crippen molar-refractivity contribution in [3.8, 4) is 23.1 Å². The van der Waals surface area contributed by atoms with Gasteiger partial charge in [-0.2, -0.15) is 5.26 Å². The van der Waals surface area contributed by atoms with Gasteiger partial charge in [0.05, 0.1) is 12.8 Å². The van der Waals surface area contributed by atoms with Crippen molar-refractivity contribution in [2.75, 3.05) is 7.11 Å². The van der Waals surface area contributed by atoms with Crippen LogP contribution in [0.15, 0.2) is 24.3 Å². The van der Waals surface area contributed by atoms with Gasteiger partial charge in [0.15, 0.2) is 0 Å². The lowest BCUT2D eigenvalue weighted by atomic mass is 10.1. The zero-order valence-corrected chi connectivity index (χ0v) is 10.6. The van der Waals surface area contributed by atoms with Gasteiger partial charge in [0.1, 0.15) is 11.8 Å². The van der Waals surface area contributed by atoms with Crippen LogP contribution in [0.25, 0.3) is 11.3 Å². The third-order valence-corrected chi connectivity index (χ3v) is 2.59. The van der Waals surface area contributed by atoms with Crippen molar-refractivity contribution in [3.63, 3.8) is 0 Å². The van der Waals surface area contributed by atoms with Crippen LogP contribution in [-0.2, 0) is 0 Å². The fourth-order valence-corrected chi connectivity index (χ4v) is 1.78. The molecule has 1 heterocycles. The van der Waals surface area contributed by atoms with Gasteiger partial charge in [-0.1, -0.05) is 11.6 Å². The Morgan fingerprint density at radius 2 is 1.94 bits per heavy atom. The Kier molecular flexibility index (Phi) is 3.24. The lowest BCUT2D eigenvalue weighted by molar-refractivity contribution is 0.416. The molecule has 1 aromatic carbocycles. The molecule has 0 fully saturated rings. The first-order valence-corrected chi connectivity index (χ1v) is 5.55. The van der Waals surface area contributed by atoms with Crippen molar-refractivity contribution in [1.29, 1.82) is 5.26 Å². The van der Waals surface area contributed by atoms with E-state index in [2.05, 4.69) is 9.97 Å². The van der Waals surface area contributed by atoms with Gasteiger partial charge in [0, 0.05) is 11.3 Å². The molecular weight excluding hydrogens is 226 g/mol. The molecule has 0 spiro atoms. The number of aromatic nitrogens is 2. The zero-order valence-electron chi connectivity index (χ0n) is 10.6. The Labute approximate surface area is 106 Å². The van der Waals surface area contributed by atoms with E-state index in [4.69, 9.17) is 10.00 Å². The van der Waals surface area contributed by atoms with Gasteiger partial charge in [0.25, 0.3) is 0 Å². The third-order valence-electron chi connectivity index (χ3n) is 2.59. The molecule has 0 aliphatic rings. The maximum Gasteiger partial charge on any atom is 0.232 e. The summed E-state index contributed by atoms with van der Waals surface area (Å²) in [5.74, 6) is 0.913. The number of methoxy groups -OCH3 is 1. The van der Waals surface area contributed by atoms with Crippen LogP contribution in [0, 0.1) is 25.2 Å². The fraction of sp³-hybridized carbons (Fsp3) is 0.214. The van der Waals surface area contributed by atoms with E-state index in [0.717, 1.165) is 22.6 Å². The summed E-state index contributed by atoms with van der Waals surface area (Å²) in [5.41, 5.74) is 3.46. The molecule has 1 aromatic heterocycles. The Morgan fingerprint density at radius 3 is 2.61 bits per heavy atom. The maximum absolute atomic E-state index is 8.91. The molecule has 0 atom stereocenters. The third kappa shape index (κ3) is 2.30. The van der Waals surface area contributed by atoms with Gasteiger partial charge in [-0.25, -0.2) is 9.97 Å². The number of hydrogen-bond donors (Lipinski definition) is 0. The summed E-state index contributed by atoms with van der Waals surface area (Å²) >= 11 is 0. The molecule has 2 aromatic rings. The molecular formula is C14H13N3O. The average molecular weight is 239 g/mol. The van der Waals surface area contributed by atoms with Crippen molar-refractivity contribution in [2.45, 2.75) is 13.8 Å². The van der Waals surface area contributed by atoms with Crippen molar-refractivity contribution >= 4 is 0 Å². The molecule has 0 radical (unpaired) electrons. The second-order valence-electron chi connectivity index (χ2n) is 4.03. The van der Waals surface area contributed by atoms with Crippen LogP contribution in [0.1, 0.15) is 17.1 Å². The molecule has 0 unspecified atom stereocenters. The Balaban J connectivity index is 2.65. The van der Waals surface area contributed by atoms with E-state index in [0.29, 0.717) is 5.69 Å². The van der Waals surface area contributed by atoms with Gasteiger partial charge in [-0.05, 0) is 32.0 Å². The predicted octanol–water partition coefficient (Wildman–Crippen LogP) is 2.64. The average Bonchev–Trinajstić information content (AvgIpc) is 2.38. The highest BCUT2D eigenvalue weighted by Crippen LogP contribution is 2.29. The van der Waals surface area contributed by atoms with Gasteiger partial charge in [-0.3, -0.25) is 0 Å². The van der Waals surface area contributed by atoms with Crippen LogP contribution < -0.4 is 4.74 Å². The van der Waals surface area contributed by atoms with Gasteiger partial charge in [0.2, 0.25) is 5.82 Å². The molecule has 90 valence electrons. The number of aryl methyl sites for hydroxylation is 2. The SMILES string of the molecule is COc1ccc(C)cc1-c1cc(C)nc(C#N)n1. The van der Waals surface area contributed by atoms with Crippen LogP contribution >= 0.6 is 0 Å². The molecule has 18 heavy (non-hydrogen) atoms. The van der Waals surface area contributed by atoms with Crippen LogP contribution in [0.2, 0.25) is 0 Å². The number of rotatable bonds is 2. The number of benzene rings is 1. The summed E-state index contributed by atoms with van der Waals surface area (Å²) in [6.07, 6.45) is 0. The predicted molar refractivity (Wildman–Crippen MR) is 68.2 cm³/mol. The quantitative estimate of drug-likeness (QED) is 0.808. The number of ether oxygens (including phenoxy) is 1. The van der Waals surface area contributed by atoms with Crippen LogP contribution in [-0.4, -0.2) is 17.1 Å². The molecule has 0 amide bonds. The first-order chi connectivity index (χ1) is 8.63. The van der Waals surface area contributed by atoms with E-state index >= 15 is 0 Å². The van der Waals surface area contributed by atoms with Crippen molar-refractivity contribution in [2.24, 2.45) is 0 Å². The van der Waals surface area contributed by atoms with Gasteiger partial charge in [-0.15, -0.1) is 0 Å². The molecule has 4 nitrogen and oxygen atoms in total. The molecule has 4 heteroatoms. The lowest BCUT2D eigenvalue weighted by Gasteiger charge is -2.09. The minimum Gasteiger partial charge on any atom is -0.496 e. The highest BCUT2D eigenvalue weighted by Gasteiger charge is 2.10. The molecule has 0 aliphatic heterocycles.